The molecule has 0 bridgehead atoms. The first-order valence-electron chi connectivity index (χ1n) is 17.5. The zero-order chi connectivity index (χ0) is 37.0. The van der Waals surface area contributed by atoms with Crippen LogP contribution in [0.15, 0.2) is 109 Å². The predicted octanol–water partition coefficient (Wildman–Crippen LogP) is 3.97. The number of aliphatic hydroxyl groups is 2. The number of carbonyl (C=O) groups excluding carboxylic acids is 3. The predicted molar refractivity (Wildman–Crippen MR) is 197 cm³/mol. The van der Waals surface area contributed by atoms with Crippen LogP contribution >= 0.6 is 0 Å². The van der Waals surface area contributed by atoms with Crippen molar-refractivity contribution >= 4 is 17.9 Å². The zero-order valence-electron chi connectivity index (χ0n) is 29.7. The Balaban J connectivity index is 1.38. The number of hydrogen-bond acceptors (Lipinski definition) is 8. The highest BCUT2D eigenvalue weighted by molar-refractivity contribution is 5.87. The number of methoxy groups -OCH3 is 1. The van der Waals surface area contributed by atoms with E-state index >= 15 is 0 Å². The van der Waals surface area contributed by atoms with Crippen LogP contribution < -0.4 is 26.0 Å². The molecule has 6 atom stereocenters. The molecule has 1 aliphatic rings. The van der Waals surface area contributed by atoms with Gasteiger partial charge in [-0.1, -0.05) is 111 Å². The standard InChI is InChI=1S/C41H48N4O7/c1-26(2)35(45-41(50)52-25-29-14-8-5-9-15-29)39(48)43-33(22-27-12-6-4-7-13-27)38(47)37(42-24-28-18-20-31(51-3)21-19-28)40(49)44-36-32-17-11-10-16-30(32)23-34(36)46/h4-21,26,33-38,42,46-47H,22-25H2,1-3H3,(H,43,48)(H,44,49)(H,45,50)/t33-,34+,35-,36-,37+,38-/m0/s1. The molecule has 4 aromatic rings. The number of aliphatic hydroxyl groups excluding tert-OH is 2. The number of fused-ring (bicyclic) bond motifs is 1. The number of hydrogen-bond donors (Lipinski definition) is 6. The molecule has 0 saturated carbocycles. The molecule has 274 valence electrons. The Morgan fingerprint density at radius 2 is 1.40 bits per heavy atom. The van der Waals surface area contributed by atoms with Gasteiger partial charge in [-0.15, -0.1) is 0 Å². The fourth-order valence-corrected chi connectivity index (χ4v) is 6.39. The molecule has 11 nitrogen and oxygen atoms in total. The van der Waals surface area contributed by atoms with Crippen LogP contribution in [0.1, 0.15) is 47.7 Å². The monoisotopic (exact) mass is 708 g/mol. The Bertz CT molecular complexity index is 1750. The van der Waals surface area contributed by atoms with Gasteiger partial charge in [0.05, 0.1) is 31.4 Å². The second kappa shape index (κ2) is 18.3. The summed E-state index contributed by atoms with van der Waals surface area (Å²) < 4.78 is 10.7. The number of nitrogens with one attached hydrogen (secondary N) is 4. The summed E-state index contributed by atoms with van der Waals surface area (Å²) in [6, 6.07) is 29.5. The summed E-state index contributed by atoms with van der Waals surface area (Å²) in [5.74, 6) is -0.747. The number of amides is 3. The van der Waals surface area contributed by atoms with E-state index in [0.29, 0.717) is 12.2 Å². The van der Waals surface area contributed by atoms with Crippen molar-refractivity contribution in [1.82, 2.24) is 21.3 Å². The molecule has 0 unspecified atom stereocenters. The van der Waals surface area contributed by atoms with Crippen LogP contribution in [0, 0.1) is 5.92 Å². The average molecular weight is 709 g/mol. The molecule has 6 N–H and O–H groups in total. The summed E-state index contributed by atoms with van der Waals surface area (Å²) in [6.45, 7) is 3.83. The second-order valence-electron chi connectivity index (χ2n) is 13.4. The molecule has 5 rings (SSSR count). The number of ether oxygens (including phenoxy) is 2. The van der Waals surface area contributed by atoms with Gasteiger partial charge in [0.25, 0.3) is 0 Å². The van der Waals surface area contributed by atoms with E-state index in [1.54, 1.807) is 33.1 Å². The van der Waals surface area contributed by atoms with Crippen molar-refractivity contribution in [3.8, 4) is 5.75 Å². The maximum Gasteiger partial charge on any atom is 0.408 e. The molecular formula is C41H48N4O7. The van der Waals surface area contributed by atoms with E-state index in [-0.39, 0.29) is 25.5 Å². The van der Waals surface area contributed by atoms with E-state index in [1.165, 1.54) is 0 Å². The normalized spacial score (nSPS) is 17.3. The Kier molecular flexibility index (Phi) is 13.4. The first-order chi connectivity index (χ1) is 25.1. The quantitative estimate of drug-likeness (QED) is 0.102. The van der Waals surface area contributed by atoms with E-state index in [2.05, 4.69) is 21.3 Å². The summed E-state index contributed by atoms with van der Waals surface area (Å²) in [5.41, 5.74) is 4.20. The van der Waals surface area contributed by atoms with Gasteiger partial charge < -0.3 is 35.6 Å². The lowest BCUT2D eigenvalue weighted by molar-refractivity contribution is -0.131. The van der Waals surface area contributed by atoms with Crippen LogP contribution in [-0.4, -0.2) is 65.6 Å². The lowest BCUT2D eigenvalue weighted by atomic mass is 9.94. The number of alkyl carbamates (subject to hydrolysis) is 1. The minimum atomic E-state index is -1.45. The van der Waals surface area contributed by atoms with Gasteiger partial charge in [-0.2, -0.15) is 0 Å². The topological polar surface area (TPSA) is 158 Å². The summed E-state index contributed by atoms with van der Waals surface area (Å²) in [6.07, 6.45) is -2.49. The van der Waals surface area contributed by atoms with Crippen molar-refractivity contribution in [1.29, 1.82) is 0 Å². The van der Waals surface area contributed by atoms with Gasteiger partial charge in [-0.3, -0.25) is 14.9 Å². The highest BCUT2D eigenvalue weighted by Gasteiger charge is 2.39. The van der Waals surface area contributed by atoms with Crippen LogP contribution in [0.3, 0.4) is 0 Å². The maximum absolute atomic E-state index is 14.2. The van der Waals surface area contributed by atoms with E-state index in [0.717, 1.165) is 27.8 Å². The number of rotatable bonds is 16. The van der Waals surface area contributed by atoms with Crippen molar-refractivity contribution in [2.45, 2.75) is 76.2 Å². The van der Waals surface area contributed by atoms with Crippen molar-refractivity contribution < 1.29 is 34.1 Å². The summed E-state index contributed by atoms with van der Waals surface area (Å²) in [7, 11) is 1.58. The molecule has 0 fully saturated rings. The second-order valence-corrected chi connectivity index (χ2v) is 13.4. The Morgan fingerprint density at radius 1 is 0.769 bits per heavy atom. The molecule has 3 amide bonds. The minimum absolute atomic E-state index is 0.0330. The van der Waals surface area contributed by atoms with E-state index in [4.69, 9.17) is 9.47 Å². The highest BCUT2D eigenvalue weighted by atomic mass is 16.5. The first kappa shape index (κ1) is 38.0. The summed E-state index contributed by atoms with van der Waals surface area (Å²) >= 11 is 0. The fourth-order valence-electron chi connectivity index (χ4n) is 6.39. The number of carbonyl (C=O) groups is 3. The largest absolute Gasteiger partial charge is 0.497 e. The zero-order valence-corrected chi connectivity index (χ0v) is 29.7. The lowest BCUT2D eigenvalue weighted by Crippen LogP contribution is -2.62. The van der Waals surface area contributed by atoms with Gasteiger partial charge in [0.1, 0.15) is 24.4 Å². The van der Waals surface area contributed by atoms with Gasteiger partial charge in [-0.05, 0) is 52.3 Å². The fraction of sp³-hybridized carbons (Fsp3) is 0.341. The minimum Gasteiger partial charge on any atom is -0.497 e. The lowest BCUT2D eigenvalue weighted by Gasteiger charge is -2.33. The third-order valence-corrected chi connectivity index (χ3v) is 9.28. The molecule has 0 heterocycles. The summed E-state index contributed by atoms with van der Waals surface area (Å²) in [5, 5.41) is 34.9. The third kappa shape index (κ3) is 10.2. The molecule has 0 radical (unpaired) electrons. The molecule has 11 heteroatoms. The van der Waals surface area contributed by atoms with Gasteiger partial charge in [0.2, 0.25) is 11.8 Å². The Labute approximate surface area is 304 Å². The van der Waals surface area contributed by atoms with Crippen molar-refractivity contribution in [2.24, 2.45) is 5.92 Å². The molecule has 1 aliphatic carbocycles. The molecule has 0 aromatic heterocycles. The molecule has 0 aliphatic heterocycles. The Hall–Kier alpha value is -5.23. The van der Waals surface area contributed by atoms with Crippen molar-refractivity contribution in [2.75, 3.05) is 7.11 Å². The van der Waals surface area contributed by atoms with Crippen LogP contribution in [0.2, 0.25) is 0 Å². The van der Waals surface area contributed by atoms with E-state index < -0.39 is 54.3 Å². The average Bonchev–Trinajstić information content (AvgIpc) is 3.47. The SMILES string of the molecule is COc1ccc(CN[C@@H](C(=O)N[C@H]2c3ccccc3C[C@H]2O)[C@@H](O)[C@H](Cc2ccccc2)NC(=O)[C@@H](NC(=O)OCc2ccccc2)C(C)C)cc1. The first-order valence-corrected chi connectivity index (χ1v) is 17.5. The van der Waals surface area contributed by atoms with Crippen LogP contribution in [0.4, 0.5) is 4.79 Å². The molecule has 52 heavy (non-hydrogen) atoms. The molecule has 4 aromatic carbocycles. The molecule has 0 saturated heterocycles. The van der Waals surface area contributed by atoms with Crippen molar-refractivity contribution in [3.05, 3.63) is 137 Å². The third-order valence-electron chi connectivity index (χ3n) is 9.28. The smallest absolute Gasteiger partial charge is 0.408 e. The summed E-state index contributed by atoms with van der Waals surface area (Å²) in [4.78, 5) is 40.9. The van der Waals surface area contributed by atoms with Gasteiger partial charge >= 0.3 is 6.09 Å². The molecule has 0 spiro atoms. The number of benzene rings is 4. The molecular weight excluding hydrogens is 660 g/mol. The maximum atomic E-state index is 14.2. The van der Waals surface area contributed by atoms with Crippen LogP contribution in [-0.2, 0) is 40.3 Å². The Morgan fingerprint density at radius 3 is 2.06 bits per heavy atom. The van der Waals surface area contributed by atoms with Crippen LogP contribution in [0.5, 0.6) is 5.75 Å². The van der Waals surface area contributed by atoms with Gasteiger partial charge in [0.15, 0.2) is 0 Å². The van der Waals surface area contributed by atoms with Gasteiger partial charge in [-0.25, -0.2) is 4.79 Å². The van der Waals surface area contributed by atoms with E-state index in [1.807, 2.05) is 97.1 Å². The highest BCUT2D eigenvalue weighted by Crippen LogP contribution is 2.31. The van der Waals surface area contributed by atoms with Crippen molar-refractivity contribution in [3.63, 3.8) is 0 Å². The van der Waals surface area contributed by atoms with E-state index in [9.17, 15) is 24.6 Å². The van der Waals surface area contributed by atoms with Crippen LogP contribution in [0.25, 0.3) is 0 Å². The van der Waals surface area contributed by atoms with Gasteiger partial charge in [0, 0.05) is 13.0 Å².